The van der Waals surface area contributed by atoms with E-state index in [9.17, 15) is 9.90 Å². The molecule has 0 bridgehead atoms. The fourth-order valence-electron chi connectivity index (χ4n) is 3.74. The van der Waals surface area contributed by atoms with Gasteiger partial charge in [-0.3, -0.25) is 9.69 Å². The van der Waals surface area contributed by atoms with Gasteiger partial charge in [0.25, 0.3) is 5.91 Å². The number of nitrogens with zero attached hydrogens (tertiary/aromatic N) is 1. The molecule has 0 saturated carbocycles. The summed E-state index contributed by atoms with van der Waals surface area (Å²) in [6.45, 7) is 4.17. The Morgan fingerprint density at radius 2 is 2.09 bits per heavy atom. The van der Waals surface area contributed by atoms with Crippen molar-refractivity contribution in [2.24, 2.45) is 0 Å². The number of aliphatic hydroxyl groups excluding tert-OH is 1. The Bertz CT molecular complexity index is 1060. The van der Waals surface area contributed by atoms with Crippen molar-refractivity contribution in [1.82, 2.24) is 4.90 Å². The summed E-state index contributed by atoms with van der Waals surface area (Å²) in [4.78, 5) is 14.6. The van der Waals surface area contributed by atoms with E-state index >= 15 is 0 Å². The topological polar surface area (TPSA) is 71.0 Å². The van der Waals surface area contributed by atoms with Crippen molar-refractivity contribution in [3.05, 3.63) is 75.4 Å². The van der Waals surface area contributed by atoms with Gasteiger partial charge in [0.15, 0.2) is 0 Å². The minimum atomic E-state index is -0.666. The maximum atomic E-state index is 12.4. The lowest BCUT2D eigenvalue weighted by molar-refractivity contribution is 0.0722. The summed E-state index contributed by atoms with van der Waals surface area (Å²) >= 11 is 7.40. The number of aryl methyl sites for hydroxylation is 1. The number of nitrogens with one attached hydrogen (secondary N) is 1. The molecule has 1 saturated heterocycles. The largest absolute Gasteiger partial charge is 0.489 e. The van der Waals surface area contributed by atoms with Crippen LogP contribution in [0.15, 0.2) is 59.3 Å². The second-order valence-corrected chi connectivity index (χ2v) is 9.39. The highest BCUT2D eigenvalue weighted by Gasteiger charge is 2.26. The van der Waals surface area contributed by atoms with Crippen LogP contribution in [0.2, 0.25) is 5.02 Å². The first-order valence-electron chi connectivity index (χ1n) is 10.9. The predicted molar refractivity (Wildman–Crippen MR) is 132 cm³/mol. The number of β-amino-alcohol motifs (C(OH)–C–C–N with tert-alkyl or cyclic N) is 1. The summed E-state index contributed by atoms with van der Waals surface area (Å²) < 4.78 is 11.9. The molecule has 2 unspecified atom stereocenters. The van der Waals surface area contributed by atoms with Crippen molar-refractivity contribution in [2.75, 3.05) is 31.6 Å². The zero-order chi connectivity index (χ0) is 23.2. The summed E-state index contributed by atoms with van der Waals surface area (Å²) in [7, 11) is 0. The number of halogens is 1. The van der Waals surface area contributed by atoms with Crippen molar-refractivity contribution in [2.45, 2.75) is 25.6 Å². The quantitative estimate of drug-likeness (QED) is 0.452. The molecule has 174 valence electrons. The molecular formula is C25H27ClN2O4S. The third kappa shape index (κ3) is 6.71. The molecule has 2 heterocycles. The van der Waals surface area contributed by atoms with Crippen LogP contribution in [0.5, 0.6) is 11.5 Å². The van der Waals surface area contributed by atoms with Gasteiger partial charge in [-0.2, -0.15) is 11.3 Å². The molecule has 6 nitrogen and oxygen atoms in total. The van der Waals surface area contributed by atoms with Crippen molar-refractivity contribution in [1.29, 1.82) is 0 Å². The van der Waals surface area contributed by atoms with E-state index in [0.717, 1.165) is 30.8 Å². The number of aliphatic hydroxyl groups is 1. The molecule has 1 aromatic heterocycles. The van der Waals surface area contributed by atoms with Gasteiger partial charge in [0.05, 0.1) is 11.3 Å². The Balaban J connectivity index is 1.27. The van der Waals surface area contributed by atoms with Gasteiger partial charge in [0.1, 0.15) is 30.3 Å². The van der Waals surface area contributed by atoms with E-state index in [2.05, 4.69) is 10.2 Å². The zero-order valence-corrected chi connectivity index (χ0v) is 19.9. The average molecular weight is 487 g/mol. The second kappa shape index (κ2) is 11.0. The highest BCUT2D eigenvalue weighted by atomic mass is 35.5. The summed E-state index contributed by atoms with van der Waals surface area (Å²) in [6.07, 6.45) is 0.308. The lowest BCUT2D eigenvalue weighted by Gasteiger charge is -2.21. The van der Waals surface area contributed by atoms with Gasteiger partial charge >= 0.3 is 0 Å². The molecule has 4 rings (SSSR count). The van der Waals surface area contributed by atoms with E-state index in [1.165, 1.54) is 11.3 Å². The van der Waals surface area contributed by atoms with E-state index in [4.69, 9.17) is 21.1 Å². The molecule has 8 heteroatoms. The van der Waals surface area contributed by atoms with E-state index in [1.54, 1.807) is 11.4 Å². The lowest BCUT2D eigenvalue weighted by atomic mass is 10.2. The Hall–Kier alpha value is -2.58. The second-order valence-electron chi connectivity index (χ2n) is 8.17. The number of hydrogen-bond acceptors (Lipinski definition) is 6. The van der Waals surface area contributed by atoms with Gasteiger partial charge in [-0.15, -0.1) is 0 Å². The molecule has 0 aliphatic carbocycles. The van der Waals surface area contributed by atoms with E-state index in [1.807, 2.05) is 54.8 Å². The number of thiophene rings is 1. The summed E-state index contributed by atoms with van der Waals surface area (Å²) in [5, 5.41) is 17.8. The Labute approximate surface area is 202 Å². The van der Waals surface area contributed by atoms with Crippen LogP contribution in [0, 0.1) is 6.92 Å². The number of anilines is 1. The van der Waals surface area contributed by atoms with Crippen LogP contribution in [0.3, 0.4) is 0 Å². The fourth-order valence-corrected chi connectivity index (χ4v) is 4.50. The van der Waals surface area contributed by atoms with Crippen LogP contribution in [-0.4, -0.2) is 54.4 Å². The highest BCUT2D eigenvalue weighted by Crippen LogP contribution is 2.27. The van der Waals surface area contributed by atoms with Gasteiger partial charge in [-0.25, -0.2) is 0 Å². The van der Waals surface area contributed by atoms with Gasteiger partial charge in [0.2, 0.25) is 0 Å². The first-order chi connectivity index (χ1) is 16.0. The molecule has 33 heavy (non-hydrogen) atoms. The molecule has 1 fully saturated rings. The normalized spacial score (nSPS) is 17.0. The van der Waals surface area contributed by atoms with Crippen molar-refractivity contribution in [3.63, 3.8) is 0 Å². The average Bonchev–Trinajstić information content (AvgIpc) is 3.48. The molecule has 2 aromatic carbocycles. The van der Waals surface area contributed by atoms with Crippen LogP contribution in [0.1, 0.15) is 22.3 Å². The standard InChI is InChI=1S/C25H27ClN2O4S/c1-17-2-7-23(27-25(30)18-9-11-33-16-18)24(12-17)31-15-20(29)13-28-10-8-22(14-28)32-21-5-3-19(26)4-6-21/h2-7,9,11-12,16,20,22,29H,8,10,13-15H2,1H3,(H,27,30). The van der Waals surface area contributed by atoms with Crippen LogP contribution in [0.25, 0.3) is 0 Å². The van der Waals surface area contributed by atoms with Crippen molar-refractivity contribution < 1.29 is 19.4 Å². The third-order valence-electron chi connectivity index (χ3n) is 5.41. The number of benzene rings is 2. The van der Waals surface area contributed by atoms with Crippen LogP contribution >= 0.6 is 22.9 Å². The number of ether oxygens (including phenoxy) is 2. The fraction of sp³-hybridized carbons (Fsp3) is 0.320. The summed E-state index contributed by atoms with van der Waals surface area (Å²) in [6, 6.07) is 14.7. The maximum absolute atomic E-state index is 12.4. The minimum Gasteiger partial charge on any atom is -0.489 e. The molecule has 0 radical (unpaired) electrons. The maximum Gasteiger partial charge on any atom is 0.256 e. The monoisotopic (exact) mass is 486 g/mol. The Morgan fingerprint density at radius 1 is 1.27 bits per heavy atom. The van der Waals surface area contributed by atoms with Crippen LogP contribution < -0.4 is 14.8 Å². The van der Waals surface area contributed by atoms with Gasteiger partial charge in [-0.05, 0) is 66.8 Å². The molecular weight excluding hydrogens is 460 g/mol. The molecule has 2 atom stereocenters. The summed E-state index contributed by atoms with van der Waals surface area (Å²) in [5.41, 5.74) is 2.20. The Morgan fingerprint density at radius 3 is 2.85 bits per heavy atom. The first kappa shape index (κ1) is 23.6. The van der Waals surface area contributed by atoms with Gasteiger partial charge in [-0.1, -0.05) is 17.7 Å². The molecule has 3 aromatic rings. The number of likely N-dealkylation sites (tertiary alicyclic amines) is 1. The lowest BCUT2D eigenvalue weighted by Crippen LogP contribution is -2.35. The zero-order valence-electron chi connectivity index (χ0n) is 18.4. The number of carbonyl (C=O) groups is 1. The minimum absolute atomic E-state index is 0.0787. The smallest absolute Gasteiger partial charge is 0.256 e. The number of rotatable bonds is 9. The summed E-state index contributed by atoms with van der Waals surface area (Å²) in [5.74, 6) is 1.16. The molecule has 0 spiro atoms. The number of carbonyl (C=O) groups excluding carboxylic acids is 1. The van der Waals surface area contributed by atoms with E-state index in [0.29, 0.717) is 28.6 Å². The van der Waals surface area contributed by atoms with Gasteiger partial charge in [0, 0.05) is 30.0 Å². The van der Waals surface area contributed by atoms with Crippen LogP contribution in [0.4, 0.5) is 5.69 Å². The molecule has 1 aliphatic heterocycles. The molecule has 1 aliphatic rings. The van der Waals surface area contributed by atoms with E-state index < -0.39 is 6.10 Å². The van der Waals surface area contributed by atoms with Crippen LogP contribution in [-0.2, 0) is 0 Å². The SMILES string of the molecule is Cc1ccc(NC(=O)c2ccsc2)c(OCC(O)CN2CCC(Oc3ccc(Cl)cc3)C2)c1. The Kier molecular flexibility index (Phi) is 7.88. The molecule has 1 amide bonds. The first-order valence-corrected chi connectivity index (χ1v) is 12.2. The highest BCUT2D eigenvalue weighted by molar-refractivity contribution is 7.08. The van der Waals surface area contributed by atoms with E-state index in [-0.39, 0.29) is 18.6 Å². The number of amides is 1. The van der Waals surface area contributed by atoms with Crippen molar-refractivity contribution >= 4 is 34.5 Å². The van der Waals surface area contributed by atoms with Gasteiger partial charge < -0.3 is 19.9 Å². The molecule has 2 N–H and O–H groups in total. The third-order valence-corrected chi connectivity index (χ3v) is 6.35. The van der Waals surface area contributed by atoms with Crippen molar-refractivity contribution in [3.8, 4) is 11.5 Å². The number of hydrogen-bond donors (Lipinski definition) is 2. The predicted octanol–water partition coefficient (Wildman–Crippen LogP) is 4.86.